The number of hydrogen-bond donors (Lipinski definition) is 1. The monoisotopic (exact) mass is 401 g/mol. The number of aromatic nitrogens is 3. The van der Waals surface area contributed by atoms with Crippen molar-refractivity contribution in [3.05, 3.63) is 46.7 Å². The Bertz CT molecular complexity index is 785. The van der Waals surface area contributed by atoms with Gasteiger partial charge in [0.2, 0.25) is 0 Å². The average Bonchev–Trinajstić information content (AvgIpc) is 2.64. The lowest BCUT2D eigenvalue weighted by Gasteiger charge is -2.29. The Labute approximate surface area is 153 Å². The summed E-state index contributed by atoms with van der Waals surface area (Å²) in [7, 11) is 0. The number of nitrogens with zero attached hydrogens (tertiary/aromatic N) is 4. The molecule has 2 aromatic rings. The zero-order valence-corrected chi connectivity index (χ0v) is 14.9. The molecule has 1 aliphatic carbocycles. The van der Waals surface area contributed by atoms with Crippen LogP contribution in [0.15, 0.2) is 35.5 Å². The molecular weight excluding hydrogens is 386 g/mol. The van der Waals surface area contributed by atoms with Crippen molar-refractivity contribution >= 4 is 21.8 Å². The summed E-state index contributed by atoms with van der Waals surface area (Å²) >= 11 is 3.31. The third-order valence-electron chi connectivity index (χ3n) is 4.06. The fourth-order valence-electron chi connectivity index (χ4n) is 2.77. The highest BCUT2D eigenvalue weighted by molar-refractivity contribution is 9.10. The number of ether oxygens (including phenoxy) is 1. The van der Waals surface area contributed by atoms with E-state index in [0.717, 1.165) is 25.7 Å². The molecule has 0 radical (unpaired) electrons. The molecule has 0 aliphatic heterocycles. The molecule has 128 valence electrons. The van der Waals surface area contributed by atoms with Crippen LogP contribution in [0.5, 0.6) is 5.75 Å². The maximum atomic E-state index is 12.1. The molecule has 0 bridgehead atoms. The van der Waals surface area contributed by atoms with Crippen molar-refractivity contribution in [2.45, 2.75) is 37.8 Å². The van der Waals surface area contributed by atoms with E-state index >= 15 is 0 Å². The normalized spacial score (nSPS) is 19.7. The van der Waals surface area contributed by atoms with Gasteiger partial charge in [0.1, 0.15) is 18.1 Å². The van der Waals surface area contributed by atoms with Crippen LogP contribution in [0.25, 0.3) is 0 Å². The predicted octanol–water partition coefficient (Wildman–Crippen LogP) is 2.63. The summed E-state index contributed by atoms with van der Waals surface area (Å²) in [6.07, 6.45) is 9.42. The molecule has 0 saturated heterocycles. The molecule has 2 aromatic heterocycles. The Morgan fingerprint density at radius 2 is 1.96 bits per heavy atom. The van der Waals surface area contributed by atoms with Crippen molar-refractivity contribution in [1.82, 2.24) is 20.3 Å². The van der Waals surface area contributed by atoms with Crippen LogP contribution in [0.3, 0.4) is 0 Å². The first kappa shape index (κ1) is 17.3. The van der Waals surface area contributed by atoms with Gasteiger partial charge in [-0.2, -0.15) is 5.26 Å². The molecule has 7 nitrogen and oxygen atoms in total. The topological polar surface area (TPSA) is 101 Å². The fourth-order valence-corrected chi connectivity index (χ4v) is 3.19. The SMILES string of the molecule is N#Cc1ncc(O[C@H]2CC[C@H](NC(=O)c3cncnc3)CC2)cc1Br. The molecule has 1 aliphatic rings. The van der Waals surface area contributed by atoms with Crippen LogP contribution in [0.1, 0.15) is 41.7 Å². The van der Waals surface area contributed by atoms with E-state index in [-0.39, 0.29) is 18.1 Å². The minimum Gasteiger partial charge on any atom is -0.489 e. The van der Waals surface area contributed by atoms with Gasteiger partial charge in [-0.05, 0) is 47.7 Å². The number of halogens is 1. The molecule has 8 heteroatoms. The summed E-state index contributed by atoms with van der Waals surface area (Å²) in [6.45, 7) is 0. The first-order valence-corrected chi connectivity index (χ1v) is 8.73. The quantitative estimate of drug-likeness (QED) is 0.844. The van der Waals surface area contributed by atoms with Crippen molar-refractivity contribution in [2.24, 2.45) is 0 Å². The van der Waals surface area contributed by atoms with Crippen LogP contribution in [0.4, 0.5) is 0 Å². The number of amides is 1. The number of rotatable bonds is 4. The van der Waals surface area contributed by atoms with Gasteiger partial charge < -0.3 is 10.1 Å². The molecule has 0 unspecified atom stereocenters. The Morgan fingerprint density at radius 3 is 2.60 bits per heavy atom. The Balaban J connectivity index is 1.50. The zero-order valence-electron chi connectivity index (χ0n) is 13.4. The first-order chi connectivity index (χ1) is 12.2. The number of hydrogen-bond acceptors (Lipinski definition) is 6. The van der Waals surface area contributed by atoms with Gasteiger partial charge in [0.25, 0.3) is 5.91 Å². The Kier molecular flexibility index (Phi) is 5.56. The Morgan fingerprint density at radius 1 is 1.24 bits per heavy atom. The standard InChI is InChI=1S/C17H16BrN5O2/c18-15-5-14(9-22-16(15)6-19)25-13-3-1-12(2-4-13)23-17(24)11-7-20-10-21-8-11/h5,7-10,12-13H,1-4H2,(H,23,24)/t12-,13-. The molecule has 25 heavy (non-hydrogen) atoms. The summed E-state index contributed by atoms with van der Waals surface area (Å²) in [4.78, 5) is 23.9. The highest BCUT2D eigenvalue weighted by Gasteiger charge is 2.24. The van der Waals surface area contributed by atoms with E-state index in [9.17, 15) is 4.79 Å². The van der Waals surface area contributed by atoms with E-state index < -0.39 is 0 Å². The van der Waals surface area contributed by atoms with Crippen LogP contribution in [-0.4, -0.2) is 33.0 Å². The van der Waals surface area contributed by atoms with Crippen LogP contribution in [-0.2, 0) is 0 Å². The highest BCUT2D eigenvalue weighted by atomic mass is 79.9. The van der Waals surface area contributed by atoms with Gasteiger partial charge >= 0.3 is 0 Å². The van der Waals surface area contributed by atoms with E-state index in [2.05, 4.69) is 36.2 Å². The van der Waals surface area contributed by atoms with E-state index in [1.807, 2.05) is 6.07 Å². The van der Waals surface area contributed by atoms with Gasteiger partial charge in [-0.25, -0.2) is 15.0 Å². The van der Waals surface area contributed by atoms with Gasteiger partial charge in [0.05, 0.1) is 22.3 Å². The lowest BCUT2D eigenvalue weighted by molar-refractivity contribution is 0.0893. The minimum absolute atomic E-state index is 0.0786. The molecule has 0 atom stereocenters. The highest BCUT2D eigenvalue weighted by Crippen LogP contribution is 2.26. The third-order valence-corrected chi connectivity index (χ3v) is 4.66. The van der Waals surface area contributed by atoms with E-state index in [0.29, 0.717) is 21.5 Å². The van der Waals surface area contributed by atoms with Crippen LogP contribution < -0.4 is 10.1 Å². The summed E-state index contributed by atoms with van der Waals surface area (Å²) in [5, 5.41) is 11.9. The molecule has 3 rings (SSSR count). The fraction of sp³-hybridized carbons (Fsp3) is 0.353. The number of nitriles is 1. The maximum absolute atomic E-state index is 12.1. The smallest absolute Gasteiger partial charge is 0.254 e. The molecule has 1 amide bonds. The van der Waals surface area contributed by atoms with Gasteiger partial charge in [-0.3, -0.25) is 4.79 Å². The van der Waals surface area contributed by atoms with Gasteiger partial charge in [-0.15, -0.1) is 0 Å². The molecular formula is C17H16BrN5O2. The zero-order chi connectivity index (χ0) is 17.6. The lowest BCUT2D eigenvalue weighted by atomic mass is 9.92. The predicted molar refractivity (Wildman–Crippen MR) is 92.8 cm³/mol. The van der Waals surface area contributed by atoms with Crippen molar-refractivity contribution < 1.29 is 9.53 Å². The molecule has 1 saturated carbocycles. The average molecular weight is 402 g/mol. The first-order valence-electron chi connectivity index (χ1n) is 7.94. The van der Waals surface area contributed by atoms with Crippen LogP contribution in [0.2, 0.25) is 0 Å². The molecule has 2 heterocycles. The molecule has 0 spiro atoms. The number of nitrogens with one attached hydrogen (secondary N) is 1. The van der Waals surface area contributed by atoms with Gasteiger partial charge in [0, 0.05) is 18.4 Å². The summed E-state index contributed by atoms with van der Waals surface area (Å²) < 4.78 is 6.56. The second-order valence-electron chi connectivity index (χ2n) is 5.81. The third kappa shape index (κ3) is 4.51. The second kappa shape index (κ2) is 8.03. The summed E-state index contributed by atoms with van der Waals surface area (Å²) in [5.74, 6) is 0.491. The second-order valence-corrected chi connectivity index (χ2v) is 6.66. The van der Waals surface area contributed by atoms with E-state index in [4.69, 9.17) is 10.00 Å². The number of pyridine rings is 1. The van der Waals surface area contributed by atoms with Crippen molar-refractivity contribution in [1.29, 1.82) is 5.26 Å². The summed E-state index contributed by atoms with van der Waals surface area (Å²) in [5.41, 5.74) is 0.804. The van der Waals surface area contributed by atoms with E-state index in [1.165, 1.54) is 18.7 Å². The number of carbonyl (C=O) groups excluding carboxylic acids is 1. The van der Waals surface area contributed by atoms with Crippen LogP contribution >= 0.6 is 15.9 Å². The van der Waals surface area contributed by atoms with Gasteiger partial charge in [0.15, 0.2) is 5.69 Å². The lowest BCUT2D eigenvalue weighted by Crippen LogP contribution is -2.39. The Hall–Kier alpha value is -2.53. The molecule has 0 aromatic carbocycles. The minimum atomic E-state index is -0.148. The van der Waals surface area contributed by atoms with Crippen molar-refractivity contribution in [3.8, 4) is 11.8 Å². The van der Waals surface area contributed by atoms with Gasteiger partial charge in [-0.1, -0.05) is 0 Å². The molecule has 1 N–H and O–H groups in total. The largest absolute Gasteiger partial charge is 0.489 e. The molecule has 1 fully saturated rings. The number of carbonyl (C=O) groups is 1. The van der Waals surface area contributed by atoms with Crippen molar-refractivity contribution in [2.75, 3.05) is 0 Å². The van der Waals surface area contributed by atoms with Crippen molar-refractivity contribution in [3.63, 3.8) is 0 Å². The van der Waals surface area contributed by atoms with Crippen LogP contribution in [0, 0.1) is 11.3 Å². The maximum Gasteiger partial charge on any atom is 0.254 e. The summed E-state index contributed by atoms with van der Waals surface area (Å²) in [6, 6.07) is 3.88. The van der Waals surface area contributed by atoms with E-state index in [1.54, 1.807) is 12.3 Å².